The molecule has 94 valence electrons. The Labute approximate surface area is 106 Å². The van der Waals surface area contributed by atoms with Gasteiger partial charge in [-0.2, -0.15) is 0 Å². The number of hydrogen-bond donors (Lipinski definition) is 1. The molecule has 2 unspecified atom stereocenters. The Bertz CT molecular complexity index is 472. The molecule has 0 aromatic heterocycles. The Morgan fingerprint density at radius 3 is 2.83 bits per heavy atom. The van der Waals surface area contributed by atoms with Gasteiger partial charge in [0.05, 0.1) is 12.0 Å². The van der Waals surface area contributed by atoms with Gasteiger partial charge in [-0.15, -0.1) is 0 Å². The molecule has 2 saturated heterocycles. The molecule has 0 saturated carbocycles. The summed E-state index contributed by atoms with van der Waals surface area (Å²) in [7, 11) is 0. The summed E-state index contributed by atoms with van der Waals surface area (Å²) in [5.41, 5.74) is 0.706. The van der Waals surface area contributed by atoms with Gasteiger partial charge in [0.2, 0.25) is 5.91 Å². The number of piperidine rings is 1. The zero-order chi connectivity index (χ0) is 12.5. The topological polar surface area (TPSA) is 49.4 Å². The number of nitrogens with one attached hydrogen (secondary N) is 1. The van der Waals surface area contributed by atoms with Gasteiger partial charge in [0.15, 0.2) is 0 Å². The highest BCUT2D eigenvalue weighted by Crippen LogP contribution is 2.28. The minimum atomic E-state index is -0.00795. The van der Waals surface area contributed by atoms with E-state index in [0.717, 1.165) is 19.4 Å². The molecular weight excluding hydrogens is 228 g/mol. The van der Waals surface area contributed by atoms with Gasteiger partial charge in [0.1, 0.15) is 0 Å². The molecule has 4 heteroatoms. The molecule has 2 aliphatic heterocycles. The van der Waals surface area contributed by atoms with E-state index < -0.39 is 0 Å². The number of likely N-dealkylation sites (tertiary alicyclic amines) is 1. The zero-order valence-corrected chi connectivity index (χ0v) is 10.1. The third kappa shape index (κ3) is 1.78. The van der Waals surface area contributed by atoms with Crippen LogP contribution in [-0.4, -0.2) is 35.8 Å². The third-order valence-electron chi connectivity index (χ3n) is 3.88. The van der Waals surface area contributed by atoms with Crippen molar-refractivity contribution in [2.45, 2.75) is 18.9 Å². The van der Waals surface area contributed by atoms with Crippen LogP contribution in [0.5, 0.6) is 0 Å². The number of carbonyl (C=O) groups is 2. The largest absolute Gasteiger partial charge is 0.354 e. The fraction of sp³-hybridized carbons (Fsp3) is 0.429. The number of hydrogen-bond acceptors (Lipinski definition) is 2. The SMILES string of the molecule is O=C1NCC2C1CCCN2C(=O)c1ccccc1. The molecule has 0 radical (unpaired) electrons. The standard InChI is InChI=1S/C14H16N2O2/c17-13-11-7-4-8-16(12(11)9-15-13)14(18)10-5-2-1-3-6-10/h1-3,5-6,11-12H,4,7-9H2,(H,15,17). The molecule has 2 fully saturated rings. The van der Waals surface area contributed by atoms with E-state index in [2.05, 4.69) is 5.32 Å². The van der Waals surface area contributed by atoms with Gasteiger partial charge in [0, 0.05) is 18.7 Å². The summed E-state index contributed by atoms with van der Waals surface area (Å²) in [6, 6.07) is 9.33. The van der Waals surface area contributed by atoms with Crippen LogP contribution < -0.4 is 5.32 Å². The molecule has 0 spiro atoms. The van der Waals surface area contributed by atoms with Crippen molar-refractivity contribution in [2.75, 3.05) is 13.1 Å². The monoisotopic (exact) mass is 244 g/mol. The van der Waals surface area contributed by atoms with Crippen LogP contribution in [0.2, 0.25) is 0 Å². The van der Waals surface area contributed by atoms with Crippen molar-refractivity contribution >= 4 is 11.8 Å². The smallest absolute Gasteiger partial charge is 0.254 e. The number of fused-ring (bicyclic) bond motifs is 1. The lowest BCUT2D eigenvalue weighted by atomic mass is 9.91. The second-order valence-corrected chi connectivity index (χ2v) is 4.93. The van der Waals surface area contributed by atoms with Gasteiger partial charge in [-0.3, -0.25) is 9.59 Å². The van der Waals surface area contributed by atoms with Gasteiger partial charge in [-0.1, -0.05) is 18.2 Å². The highest BCUT2D eigenvalue weighted by Gasteiger charge is 2.42. The Morgan fingerprint density at radius 1 is 1.28 bits per heavy atom. The summed E-state index contributed by atoms with van der Waals surface area (Å²) in [6.07, 6.45) is 1.81. The van der Waals surface area contributed by atoms with Gasteiger partial charge in [-0.05, 0) is 25.0 Å². The molecule has 0 aliphatic carbocycles. The summed E-state index contributed by atoms with van der Waals surface area (Å²) in [5, 5.41) is 2.87. The molecule has 1 aromatic carbocycles. The average molecular weight is 244 g/mol. The van der Waals surface area contributed by atoms with Gasteiger partial charge in [0.25, 0.3) is 5.91 Å². The fourth-order valence-corrected chi connectivity index (χ4v) is 2.95. The Balaban J connectivity index is 1.84. The van der Waals surface area contributed by atoms with E-state index in [1.165, 1.54) is 0 Å². The second-order valence-electron chi connectivity index (χ2n) is 4.93. The van der Waals surface area contributed by atoms with E-state index in [0.29, 0.717) is 12.1 Å². The van der Waals surface area contributed by atoms with Crippen molar-refractivity contribution in [1.29, 1.82) is 0 Å². The van der Waals surface area contributed by atoms with Crippen molar-refractivity contribution in [3.8, 4) is 0 Å². The Morgan fingerprint density at radius 2 is 2.06 bits per heavy atom. The highest BCUT2D eigenvalue weighted by atomic mass is 16.2. The van der Waals surface area contributed by atoms with Crippen LogP contribution >= 0.6 is 0 Å². The lowest BCUT2D eigenvalue weighted by Gasteiger charge is -2.35. The van der Waals surface area contributed by atoms with Crippen molar-refractivity contribution in [3.05, 3.63) is 35.9 Å². The maximum Gasteiger partial charge on any atom is 0.254 e. The van der Waals surface area contributed by atoms with Crippen LogP contribution in [0, 0.1) is 5.92 Å². The summed E-state index contributed by atoms with van der Waals surface area (Å²) in [5.74, 6) is 0.138. The van der Waals surface area contributed by atoms with Crippen molar-refractivity contribution in [1.82, 2.24) is 10.2 Å². The van der Waals surface area contributed by atoms with E-state index in [1.807, 2.05) is 35.2 Å². The highest BCUT2D eigenvalue weighted by molar-refractivity contribution is 5.95. The fourth-order valence-electron chi connectivity index (χ4n) is 2.95. The molecule has 18 heavy (non-hydrogen) atoms. The normalized spacial score (nSPS) is 26.7. The predicted molar refractivity (Wildman–Crippen MR) is 67.0 cm³/mol. The molecule has 2 amide bonds. The van der Waals surface area contributed by atoms with Crippen LogP contribution in [0.1, 0.15) is 23.2 Å². The van der Waals surface area contributed by atoms with Crippen molar-refractivity contribution in [2.24, 2.45) is 5.92 Å². The number of nitrogens with zero attached hydrogens (tertiary/aromatic N) is 1. The number of amides is 2. The molecule has 2 aliphatic rings. The van der Waals surface area contributed by atoms with Gasteiger partial charge >= 0.3 is 0 Å². The number of carbonyl (C=O) groups excluding carboxylic acids is 2. The van der Waals surface area contributed by atoms with E-state index >= 15 is 0 Å². The predicted octanol–water partition coefficient (Wildman–Crippen LogP) is 1.04. The first-order chi connectivity index (χ1) is 8.77. The van der Waals surface area contributed by atoms with Crippen LogP contribution in [0.15, 0.2) is 30.3 Å². The minimum Gasteiger partial charge on any atom is -0.354 e. The third-order valence-corrected chi connectivity index (χ3v) is 3.88. The van der Waals surface area contributed by atoms with Crippen LogP contribution in [0.3, 0.4) is 0 Å². The van der Waals surface area contributed by atoms with Crippen molar-refractivity contribution < 1.29 is 9.59 Å². The van der Waals surface area contributed by atoms with E-state index in [9.17, 15) is 9.59 Å². The minimum absolute atomic E-state index is 0.00795. The van der Waals surface area contributed by atoms with Crippen LogP contribution in [-0.2, 0) is 4.79 Å². The molecule has 1 aromatic rings. The first kappa shape index (κ1) is 11.3. The van der Waals surface area contributed by atoms with Crippen LogP contribution in [0.25, 0.3) is 0 Å². The Kier molecular flexibility index (Phi) is 2.78. The molecular formula is C14H16N2O2. The summed E-state index contributed by atoms with van der Waals surface area (Å²) >= 11 is 0. The first-order valence-electron chi connectivity index (χ1n) is 6.41. The first-order valence-corrected chi connectivity index (χ1v) is 6.41. The Hall–Kier alpha value is -1.84. The molecule has 2 heterocycles. The lowest BCUT2D eigenvalue weighted by Crippen LogP contribution is -2.48. The summed E-state index contributed by atoms with van der Waals surface area (Å²) in [4.78, 5) is 26.0. The molecule has 4 nitrogen and oxygen atoms in total. The van der Waals surface area contributed by atoms with E-state index in [1.54, 1.807) is 0 Å². The zero-order valence-electron chi connectivity index (χ0n) is 10.1. The molecule has 0 bridgehead atoms. The van der Waals surface area contributed by atoms with Gasteiger partial charge in [-0.25, -0.2) is 0 Å². The molecule has 3 rings (SSSR count). The average Bonchev–Trinajstić information content (AvgIpc) is 2.81. The molecule has 1 N–H and O–H groups in total. The number of benzene rings is 1. The van der Waals surface area contributed by atoms with Gasteiger partial charge < -0.3 is 10.2 Å². The second kappa shape index (κ2) is 4.44. The summed E-state index contributed by atoms with van der Waals surface area (Å²) in [6.45, 7) is 1.35. The van der Waals surface area contributed by atoms with E-state index in [4.69, 9.17) is 0 Å². The number of rotatable bonds is 1. The maximum atomic E-state index is 12.4. The maximum absolute atomic E-state index is 12.4. The summed E-state index contributed by atoms with van der Waals surface area (Å²) < 4.78 is 0. The quantitative estimate of drug-likeness (QED) is 0.802. The van der Waals surface area contributed by atoms with E-state index in [-0.39, 0.29) is 23.8 Å². The van der Waals surface area contributed by atoms with Crippen molar-refractivity contribution in [3.63, 3.8) is 0 Å². The molecule has 2 atom stereocenters. The van der Waals surface area contributed by atoms with Crippen LogP contribution in [0.4, 0.5) is 0 Å². The lowest BCUT2D eigenvalue weighted by molar-refractivity contribution is -0.123.